The van der Waals surface area contributed by atoms with Gasteiger partial charge in [0.05, 0.1) is 5.02 Å². The summed E-state index contributed by atoms with van der Waals surface area (Å²) in [6.07, 6.45) is 0.485. The van der Waals surface area contributed by atoms with E-state index in [1.54, 1.807) is 11.3 Å². The monoisotopic (exact) mass is 294 g/mol. The van der Waals surface area contributed by atoms with E-state index < -0.39 is 0 Å². The molecule has 0 saturated carbocycles. The first-order valence-electron chi connectivity index (χ1n) is 6.04. The quantitative estimate of drug-likeness (QED) is 0.860. The zero-order valence-corrected chi connectivity index (χ0v) is 12.1. The van der Waals surface area contributed by atoms with Gasteiger partial charge in [0.15, 0.2) is 0 Å². The van der Waals surface area contributed by atoms with Crippen molar-refractivity contribution in [3.8, 4) is 0 Å². The highest BCUT2D eigenvalue weighted by Crippen LogP contribution is 2.21. The van der Waals surface area contributed by atoms with Gasteiger partial charge in [-0.1, -0.05) is 18.5 Å². The van der Waals surface area contributed by atoms with Gasteiger partial charge in [0.2, 0.25) is 5.91 Å². The summed E-state index contributed by atoms with van der Waals surface area (Å²) in [6, 6.07) is 9.62. The molecule has 0 unspecified atom stereocenters. The molecule has 2 aromatic rings. The van der Waals surface area contributed by atoms with E-state index in [2.05, 4.69) is 10.6 Å². The van der Waals surface area contributed by atoms with Crippen molar-refractivity contribution >= 4 is 40.2 Å². The van der Waals surface area contributed by atoms with Crippen molar-refractivity contribution in [3.05, 3.63) is 45.6 Å². The minimum Gasteiger partial charge on any atom is -0.380 e. The van der Waals surface area contributed by atoms with Crippen molar-refractivity contribution < 1.29 is 4.79 Å². The van der Waals surface area contributed by atoms with Crippen LogP contribution in [0.25, 0.3) is 0 Å². The van der Waals surface area contributed by atoms with Crippen molar-refractivity contribution in [1.82, 2.24) is 0 Å². The van der Waals surface area contributed by atoms with Gasteiger partial charge in [0.1, 0.15) is 0 Å². The van der Waals surface area contributed by atoms with Gasteiger partial charge < -0.3 is 10.6 Å². The van der Waals surface area contributed by atoms with Gasteiger partial charge in [-0.3, -0.25) is 4.79 Å². The van der Waals surface area contributed by atoms with Gasteiger partial charge in [-0.05, 0) is 30.3 Å². The van der Waals surface area contributed by atoms with Gasteiger partial charge >= 0.3 is 0 Å². The standard InChI is InChI=1S/C14H15ClN2OS/c1-2-14(18)17-12-5-3-11(4-6-12)16-8-13-7-10(15)9-19-13/h3-7,9,16H,2,8H2,1H3,(H,17,18). The summed E-state index contributed by atoms with van der Waals surface area (Å²) in [4.78, 5) is 12.4. The molecular weight excluding hydrogens is 280 g/mol. The number of rotatable bonds is 5. The number of halogens is 1. The molecule has 2 rings (SSSR count). The summed E-state index contributed by atoms with van der Waals surface area (Å²) in [7, 11) is 0. The second-order valence-corrected chi connectivity index (χ2v) is 5.50. The highest BCUT2D eigenvalue weighted by Gasteiger charge is 2.00. The summed E-state index contributed by atoms with van der Waals surface area (Å²) in [5.41, 5.74) is 1.83. The van der Waals surface area contributed by atoms with Crippen LogP contribution >= 0.6 is 22.9 Å². The molecule has 0 aliphatic heterocycles. The number of thiophene rings is 1. The number of carbonyl (C=O) groups is 1. The van der Waals surface area contributed by atoms with Crippen molar-refractivity contribution in [2.75, 3.05) is 10.6 Å². The summed E-state index contributed by atoms with van der Waals surface area (Å²) < 4.78 is 0. The Kier molecular flexibility index (Phi) is 4.82. The first-order valence-corrected chi connectivity index (χ1v) is 7.30. The van der Waals surface area contributed by atoms with E-state index in [-0.39, 0.29) is 5.91 Å². The molecule has 0 aliphatic carbocycles. The predicted molar refractivity (Wildman–Crippen MR) is 82.0 cm³/mol. The number of carbonyl (C=O) groups excluding carboxylic acids is 1. The predicted octanol–water partition coefficient (Wildman–Crippen LogP) is 4.36. The van der Waals surface area contributed by atoms with E-state index in [1.807, 2.05) is 42.6 Å². The van der Waals surface area contributed by atoms with Gasteiger partial charge in [-0.2, -0.15) is 0 Å². The third kappa shape index (κ3) is 4.26. The van der Waals surface area contributed by atoms with Crippen LogP contribution < -0.4 is 10.6 Å². The van der Waals surface area contributed by atoms with Crippen LogP contribution in [0.1, 0.15) is 18.2 Å². The molecule has 1 aromatic heterocycles. The Morgan fingerprint density at radius 1 is 1.26 bits per heavy atom. The van der Waals surface area contributed by atoms with Gasteiger partial charge in [0.25, 0.3) is 0 Å². The van der Waals surface area contributed by atoms with Gasteiger partial charge in [-0.25, -0.2) is 0 Å². The molecule has 0 fully saturated rings. The average molecular weight is 295 g/mol. The Morgan fingerprint density at radius 2 is 1.95 bits per heavy atom. The maximum absolute atomic E-state index is 11.2. The lowest BCUT2D eigenvalue weighted by atomic mass is 10.2. The normalized spacial score (nSPS) is 10.2. The number of benzene rings is 1. The molecule has 2 N–H and O–H groups in total. The fourth-order valence-electron chi connectivity index (χ4n) is 1.56. The largest absolute Gasteiger partial charge is 0.380 e. The molecule has 1 heterocycles. The maximum atomic E-state index is 11.2. The summed E-state index contributed by atoms with van der Waals surface area (Å²) in [5, 5.41) is 8.82. The molecule has 1 aromatic carbocycles. The Morgan fingerprint density at radius 3 is 2.53 bits per heavy atom. The van der Waals surface area contributed by atoms with Crippen LogP contribution in [0.4, 0.5) is 11.4 Å². The lowest BCUT2D eigenvalue weighted by Crippen LogP contribution is -2.09. The lowest BCUT2D eigenvalue weighted by Gasteiger charge is -2.07. The minimum atomic E-state index is 0.0222. The van der Waals surface area contributed by atoms with Crippen molar-refractivity contribution in [3.63, 3.8) is 0 Å². The van der Waals surface area contributed by atoms with Crippen molar-refractivity contribution in [2.45, 2.75) is 19.9 Å². The van der Waals surface area contributed by atoms with Crippen LogP contribution in [-0.2, 0) is 11.3 Å². The van der Waals surface area contributed by atoms with Crippen molar-refractivity contribution in [2.24, 2.45) is 0 Å². The molecule has 0 aliphatic rings. The third-order valence-electron chi connectivity index (χ3n) is 2.58. The molecule has 1 amide bonds. The topological polar surface area (TPSA) is 41.1 Å². The Bertz CT molecular complexity index is 551. The summed E-state index contributed by atoms with van der Waals surface area (Å²) in [6.45, 7) is 2.58. The van der Waals surface area contributed by atoms with Crippen LogP contribution in [-0.4, -0.2) is 5.91 Å². The number of amides is 1. The fourth-order valence-corrected chi connectivity index (χ4v) is 2.57. The second-order valence-electron chi connectivity index (χ2n) is 4.06. The maximum Gasteiger partial charge on any atom is 0.224 e. The van der Waals surface area contributed by atoms with Crippen LogP contribution in [0, 0.1) is 0 Å². The van der Waals surface area contributed by atoms with Gasteiger partial charge in [0, 0.05) is 34.6 Å². The molecule has 0 atom stereocenters. The van der Waals surface area contributed by atoms with E-state index >= 15 is 0 Å². The highest BCUT2D eigenvalue weighted by atomic mass is 35.5. The third-order valence-corrected chi connectivity index (χ3v) is 3.86. The van der Waals surface area contributed by atoms with E-state index in [0.717, 1.165) is 22.9 Å². The zero-order chi connectivity index (χ0) is 13.7. The molecule has 0 saturated heterocycles. The summed E-state index contributed by atoms with van der Waals surface area (Å²) in [5.74, 6) is 0.0222. The summed E-state index contributed by atoms with van der Waals surface area (Å²) >= 11 is 7.50. The Balaban J connectivity index is 1.89. The SMILES string of the molecule is CCC(=O)Nc1ccc(NCc2cc(Cl)cs2)cc1. The molecule has 0 radical (unpaired) electrons. The first-order chi connectivity index (χ1) is 9.17. The average Bonchev–Trinajstić information content (AvgIpc) is 2.83. The molecule has 19 heavy (non-hydrogen) atoms. The van der Waals surface area contributed by atoms with E-state index in [9.17, 15) is 4.79 Å². The van der Waals surface area contributed by atoms with Crippen LogP contribution in [0.3, 0.4) is 0 Å². The van der Waals surface area contributed by atoms with E-state index in [0.29, 0.717) is 6.42 Å². The fraction of sp³-hybridized carbons (Fsp3) is 0.214. The Hall–Kier alpha value is -1.52. The van der Waals surface area contributed by atoms with Crippen molar-refractivity contribution in [1.29, 1.82) is 0 Å². The first kappa shape index (κ1) is 13.9. The number of hydrogen-bond donors (Lipinski definition) is 2. The molecule has 3 nitrogen and oxygen atoms in total. The number of nitrogens with one attached hydrogen (secondary N) is 2. The highest BCUT2D eigenvalue weighted by molar-refractivity contribution is 7.10. The Labute approximate surface area is 121 Å². The number of hydrogen-bond acceptors (Lipinski definition) is 3. The van der Waals surface area contributed by atoms with E-state index in [4.69, 9.17) is 11.6 Å². The lowest BCUT2D eigenvalue weighted by molar-refractivity contribution is -0.115. The van der Waals surface area contributed by atoms with Gasteiger partial charge in [-0.15, -0.1) is 11.3 Å². The van der Waals surface area contributed by atoms with E-state index in [1.165, 1.54) is 4.88 Å². The number of anilines is 2. The molecule has 0 spiro atoms. The zero-order valence-electron chi connectivity index (χ0n) is 10.6. The van der Waals surface area contributed by atoms with Crippen LogP contribution in [0.15, 0.2) is 35.7 Å². The molecular formula is C14H15ClN2OS. The molecule has 0 bridgehead atoms. The van der Waals surface area contributed by atoms with Crippen LogP contribution in [0.5, 0.6) is 0 Å². The smallest absolute Gasteiger partial charge is 0.224 e. The molecule has 5 heteroatoms. The second kappa shape index (κ2) is 6.59. The molecule has 100 valence electrons. The van der Waals surface area contributed by atoms with Crippen LogP contribution in [0.2, 0.25) is 5.02 Å². The minimum absolute atomic E-state index is 0.0222.